The molecule has 7 rings (SSSR count). The van der Waals surface area contributed by atoms with Gasteiger partial charge in [0, 0.05) is 25.1 Å². The number of hydrogen-bond acceptors (Lipinski definition) is 2. The average Bonchev–Trinajstić information content (AvgIpc) is 3.31. The summed E-state index contributed by atoms with van der Waals surface area (Å²) >= 11 is 0. The predicted octanol–water partition coefficient (Wildman–Crippen LogP) is 9.59. The molecule has 1 atom stereocenters. The highest BCUT2D eigenvalue weighted by molar-refractivity contribution is 6.00. The van der Waals surface area contributed by atoms with Gasteiger partial charge in [0.15, 0.2) is 0 Å². The highest BCUT2D eigenvalue weighted by Crippen LogP contribution is 2.59. The fraction of sp³-hybridized carbons (Fsp3) is 0.100. The number of aryl methyl sites for hydroxylation is 2. The van der Waals surface area contributed by atoms with Gasteiger partial charge >= 0.3 is 0 Å². The zero-order chi connectivity index (χ0) is 28.7. The molecule has 2 heteroatoms. The van der Waals surface area contributed by atoms with Gasteiger partial charge in [-0.05, 0) is 80.8 Å². The molecule has 42 heavy (non-hydrogen) atoms. The van der Waals surface area contributed by atoms with Crippen molar-refractivity contribution in [3.05, 3.63) is 173 Å². The van der Waals surface area contributed by atoms with Crippen LogP contribution in [0.4, 0.5) is 5.69 Å². The third kappa shape index (κ3) is 3.87. The molecule has 1 aliphatic carbocycles. The van der Waals surface area contributed by atoms with Gasteiger partial charge in [-0.15, -0.1) is 0 Å². The van der Waals surface area contributed by atoms with Crippen LogP contribution in [0.3, 0.4) is 0 Å². The van der Waals surface area contributed by atoms with E-state index in [-0.39, 0.29) is 0 Å². The first-order valence-corrected chi connectivity index (χ1v) is 14.6. The van der Waals surface area contributed by atoms with Crippen molar-refractivity contribution in [3.8, 4) is 22.3 Å². The third-order valence-corrected chi connectivity index (χ3v) is 8.76. The number of benzene rings is 6. The van der Waals surface area contributed by atoms with E-state index in [2.05, 4.69) is 152 Å². The van der Waals surface area contributed by atoms with Crippen LogP contribution in [0.1, 0.15) is 33.4 Å². The maximum Gasteiger partial charge on any atom is 0.0739 e. The molecule has 6 aromatic carbocycles. The van der Waals surface area contributed by atoms with Gasteiger partial charge in [-0.2, -0.15) is 0 Å². The number of para-hydroxylation sites is 1. The fourth-order valence-corrected chi connectivity index (χ4v) is 7.04. The lowest BCUT2D eigenvalue weighted by Gasteiger charge is -2.37. The van der Waals surface area contributed by atoms with Crippen LogP contribution in [-0.2, 0) is 5.41 Å². The Morgan fingerprint density at radius 1 is 0.548 bits per heavy atom. The first kappa shape index (κ1) is 25.9. The molecule has 0 aromatic heterocycles. The normalized spacial score (nSPS) is 15.5. The Balaban J connectivity index is 1.66. The fourth-order valence-electron chi connectivity index (χ4n) is 7.04. The Labute approximate surface area is 248 Å². The van der Waals surface area contributed by atoms with Crippen molar-refractivity contribution >= 4 is 16.5 Å². The monoisotopic (exact) mass is 542 g/mol. The van der Waals surface area contributed by atoms with Crippen LogP contribution < -0.4 is 10.6 Å². The summed E-state index contributed by atoms with van der Waals surface area (Å²) in [5.74, 6) is 0. The van der Waals surface area contributed by atoms with Crippen molar-refractivity contribution in [2.45, 2.75) is 19.3 Å². The van der Waals surface area contributed by atoms with E-state index < -0.39 is 5.41 Å². The molecule has 204 valence electrons. The van der Waals surface area contributed by atoms with Gasteiger partial charge in [-0.3, -0.25) is 0 Å². The SMILES string of the molecule is CN/C=C\Nc1ccccc1C1(c2ccccc2-c2c(C)ccc3ccccc23)c2ccccc2-c2ccc(C)cc21. The van der Waals surface area contributed by atoms with Gasteiger partial charge in [0.25, 0.3) is 0 Å². The van der Waals surface area contributed by atoms with E-state index in [0.29, 0.717) is 0 Å². The maximum absolute atomic E-state index is 3.62. The third-order valence-electron chi connectivity index (χ3n) is 8.76. The van der Waals surface area contributed by atoms with Crippen molar-refractivity contribution in [2.75, 3.05) is 12.4 Å². The lowest BCUT2D eigenvalue weighted by atomic mass is 9.65. The van der Waals surface area contributed by atoms with E-state index in [9.17, 15) is 0 Å². The summed E-state index contributed by atoms with van der Waals surface area (Å²) in [6.45, 7) is 4.44. The molecule has 0 amide bonds. The number of rotatable bonds is 6. The van der Waals surface area contributed by atoms with E-state index >= 15 is 0 Å². The van der Waals surface area contributed by atoms with E-state index in [1.54, 1.807) is 0 Å². The number of anilines is 1. The topological polar surface area (TPSA) is 24.1 Å². The summed E-state index contributed by atoms with van der Waals surface area (Å²) in [4.78, 5) is 0. The van der Waals surface area contributed by atoms with Gasteiger partial charge in [0.05, 0.1) is 5.41 Å². The van der Waals surface area contributed by atoms with Gasteiger partial charge in [0.1, 0.15) is 0 Å². The van der Waals surface area contributed by atoms with Crippen LogP contribution in [0.25, 0.3) is 33.0 Å². The van der Waals surface area contributed by atoms with Crippen molar-refractivity contribution in [1.29, 1.82) is 0 Å². The molecule has 0 spiro atoms. The summed E-state index contributed by atoms with van der Waals surface area (Å²) in [6, 6.07) is 47.0. The quantitative estimate of drug-likeness (QED) is 0.219. The summed E-state index contributed by atoms with van der Waals surface area (Å²) in [7, 11) is 1.92. The van der Waals surface area contributed by atoms with Gasteiger partial charge < -0.3 is 10.6 Å². The molecule has 0 aliphatic heterocycles. The molecule has 1 unspecified atom stereocenters. The standard InChI is InChI=1S/C40H34N2/c1-27-20-23-32-31-14-6-8-16-34(31)40(37(32)26-27,36-18-10-11-19-38(36)42-25-24-41-3)35-17-9-7-15-33(35)39-28(2)21-22-29-12-4-5-13-30(29)39/h4-26,41-42H,1-3H3/b25-24-. The van der Waals surface area contributed by atoms with Crippen molar-refractivity contribution in [1.82, 2.24) is 5.32 Å². The van der Waals surface area contributed by atoms with Crippen LogP contribution in [0.2, 0.25) is 0 Å². The Bertz CT molecular complexity index is 1980. The summed E-state index contributed by atoms with van der Waals surface area (Å²) in [5, 5.41) is 9.27. The van der Waals surface area contributed by atoms with Gasteiger partial charge in [-0.1, -0.05) is 127 Å². The molecule has 6 aromatic rings. The van der Waals surface area contributed by atoms with Gasteiger partial charge in [0.2, 0.25) is 0 Å². The average molecular weight is 543 g/mol. The second kappa shape index (κ2) is 10.4. The molecule has 0 saturated heterocycles. The highest BCUT2D eigenvalue weighted by atomic mass is 14.9. The summed E-state index contributed by atoms with van der Waals surface area (Å²) < 4.78 is 0. The van der Waals surface area contributed by atoms with Crippen LogP contribution in [0, 0.1) is 13.8 Å². The van der Waals surface area contributed by atoms with E-state index in [4.69, 9.17) is 0 Å². The van der Waals surface area contributed by atoms with Crippen molar-refractivity contribution < 1.29 is 0 Å². The Kier molecular flexibility index (Phi) is 6.40. The predicted molar refractivity (Wildman–Crippen MR) is 178 cm³/mol. The van der Waals surface area contributed by atoms with Crippen molar-refractivity contribution in [3.63, 3.8) is 0 Å². The molecule has 0 bridgehead atoms. The lowest BCUT2D eigenvalue weighted by molar-refractivity contribution is 0.772. The molecule has 1 aliphatic rings. The number of fused-ring (bicyclic) bond motifs is 4. The molecule has 0 fully saturated rings. The first-order chi connectivity index (χ1) is 20.6. The van der Waals surface area contributed by atoms with Crippen molar-refractivity contribution in [2.24, 2.45) is 0 Å². The highest BCUT2D eigenvalue weighted by Gasteiger charge is 2.48. The number of hydrogen-bond donors (Lipinski definition) is 2. The Morgan fingerprint density at radius 2 is 1.19 bits per heavy atom. The smallest absolute Gasteiger partial charge is 0.0739 e. The summed E-state index contributed by atoms with van der Waals surface area (Å²) in [5.41, 5.74) is 13.3. The second-order valence-corrected chi connectivity index (χ2v) is 11.2. The molecular formula is C40H34N2. The molecule has 0 saturated carbocycles. The van der Waals surface area contributed by atoms with Gasteiger partial charge in [-0.25, -0.2) is 0 Å². The molecule has 0 heterocycles. The number of nitrogens with one attached hydrogen (secondary N) is 2. The minimum Gasteiger partial charge on any atom is -0.393 e. The van der Waals surface area contributed by atoms with Crippen LogP contribution >= 0.6 is 0 Å². The molecular weight excluding hydrogens is 508 g/mol. The van der Waals surface area contributed by atoms with E-state index in [1.807, 2.05) is 19.4 Å². The van der Waals surface area contributed by atoms with Crippen LogP contribution in [0.15, 0.2) is 140 Å². The minimum absolute atomic E-state index is 0.547. The van der Waals surface area contributed by atoms with Crippen LogP contribution in [0.5, 0.6) is 0 Å². The minimum atomic E-state index is -0.547. The molecule has 2 N–H and O–H groups in total. The maximum atomic E-state index is 3.62. The Morgan fingerprint density at radius 3 is 2.00 bits per heavy atom. The molecule has 2 nitrogen and oxygen atoms in total. The van der Waals surface area contributed by atoms with E-state index in [0.717, 1.165) is 5.69 Å². The zero-order valence-electron chi connectivity index (χ0n) is 24.3. The lowest BCUT2D eigenvalue weighted by Crippen LogP contribution is -2.30. The molecule has 0 radical (unpaired) electrons. The zero-order valence-corrected chi connectivity index (χ0v) is 24.3. The first-order valence-electron chi connectivity index (χ1n) is 14.6. The Hall–Kier alpha value is -5.08. The van der Waals surface area contributed by atoms with Crippen LogP contribution in [-0.4, -0.2) is 7.05 Å². The van der Waals surface area contributed by atoms with E-state index in [1.165, 1.54) is 66.4 Å². The summed E-state index contributed by atoms with van der Waals surface area (Å²) in [6.07, 6.45) is 3.91. The second-order valence-electron chi connectivity index (χ2n) is 11.2. The largest absolute Gasteiger partial charge is 0.393 e.